The van der Waals surface area contributed by atoms with Crippen LogP contribution in [0.1, 0.15) is 46.0 Å². The number of pyridine rings is 1. The molecule has 2 N–H and O–H groups in total. The second-order valence-corrected chi connectivity index (χ2v) is 10.9. The van der Waals surface area contributed by atoms with Gasteiger partial charge in [0.25, 0.3) is 0 Å². The molecule has 194 valence electrons. The summed E-state index contributed by atoms with van der Waals surface area (Å²) in [5.74, 6) is 1.65. The summed E-state index contributed by atoms with van der Waals surface area (Å²) < 4.78 is 6.51. The standard InChI is InChI=1S/C28H39BrN6O/c1-3-34-14-11-22(12-15-34)31-25-24(29)19-30-28-26(25)32-27(33-28)21-5-7-23(8-6-21)35-16-9-20(10-17-35)13-18-36-4-2/h5-8,19-20,22H,3-4,9-18H2,1-2H3,(H2,30,31,32,33). The van der Waals surface area contributed by atoms with Crippen molar-refractivity contribution in [3.05, 3.63) is 34.9 Å². The zero-order valence-corrected chi connectivity index (χ0v) is 23.2. The first-order valence-electron chi connectivity index (χ1n) is 13.6. The predicted octanol–water partition coefficient (Wildman–Crippen LogP) is 5.93. The van der Waals surface area contributed by atoms with Crippen LogP contribution in [0.15, 0.2) is 34.9 Å². The zero-order valence-electron chi connectivity index (χ0n) is 21.6. The van der Waals surface area contributed by atoms with Crippen LogP contribution in [0.25, 0.3) is 22.6 Å². The van der Waals surface area contributed by atoms with Gasteiger partial charge in [-0.1, -0.05) is 6.92 Å². The molecule has 0 bridgehead atoms. The average Bonchev–Trinajstić information content (AvgIpc) is 3.36. The Kier molecular flexibility index (Phi) is 8.44. The van der Waals surface area contributed by atoms with Crippen LogP contribution in [0.3, 0.4) is 0 Å². The molecule has 2 aromatic heterocycles. The maximum absolute atomic E-state index is 5.55. The second-order valence-electron chi connectivity index (χ2n) is 10.1. The number of nitrogens with zero attached hydrogens (tertiary/aromatic N) is 4. The van der Waals surface area contributed by atoms with Gasteiger partial charge in [0.1, 0.15) is 11.3 Å². The quantitative estimate of drug-likeness (QED) is 0.319. The van der Waals surface area contributed by atoms with Gasteiger partial charge in [0.15, 0.2) is 5.65 Å². The summed E-state index contributed by atoms with van der Waals surface area (Å²) in [7, 11) is 0. The lowest BCUT2D eigenvalue weighted by Crippen LogP contribution is -2.38. The number of hydrogen-bond acceptors (Lipinski definition) is 6. The number of anilines is 2. The van der Waals surface area contributed by atoms with Crippen molar-refractivity contribution >= 4 is 38.5 Å². The fraction of sp³-hybridized carbons (Fsp3) is 0.571. The lowest BCUT2D eigenvalue weighted by molar-refractivity contribution is 0.127. The van der Waals surface area contributed by atoms with Crippen molar-refractivity contribution in [1.82, 2.24) is 19.9 Å². The van der Waals surface area contributed by atoms with Crippen molar-refractivity contribution < 1.29 is 4.74 Å². The SMILES string of the molecule is CCOCCC1CCN(c2ccc(-c3nc4c(NC5CCN(CC)CC5)c(Br)cnc4[nH]3)cc2)CC1. The maximum atomic E-state index is 5.55. The molecule has 0 spiro atoms. The van der Waals surface area contributed by atoms with Gasteiger partial charge in [0.05, 0.1) is 10.2 Å². The summed E-state index contributed by atoms with van der Waals surface area (Å²) in [5.41, 5.74) is 5.14. The fourth-order valence-electron chi connectivity index (χ4n) is 5.51. The normalized spacial score (nSPS) is 18.2. The van der Waals surface area contributed by atoms with Crippen LogP contribution in [0.4, 0.5) is 11.4 Å². The third-order valence-electron chi connectivity index (χ3n) is 7.85. The number of hydrogen-bond donors (Lipinski definition) is 2. The molecule has 0 atom stereocenters. The van der Waals surface area contributed by atoms with E-state index in [9.17, 15) is 0 Å². The van der Waals surface area contributed by atoms with Crippen molar-refractivity contribution in [2.24, 2.45) is 5.92 Å². The third kappa shape index (κ3) is 5.87. The Morgan fingerprint density at radius 1 is 1.06 bits per heavy atom. The molecule has 0 saturated carbocycles. The highest BCUT2D eigenvalue weighted by Crippen LogP contribution is 2.33. The van der Waals surface area contributed by atoms with E-state index in [1.54, 1.807) is 0 Å². The van der Waals surface area contributed by atoms with Crippen LogP contribution >= 0.6 is 15.9 Å². The molecule has 2 fully saturated rings. The van der Waals surface area contributed by atoms with Gasteiger partial charge in [-0.2, -0.15) is 0 Å². The third-order valence-corrected chi connectivity index (χ3v) is 8.45. The predicted molar refractivity (Wildman–Crippen MR) is 152 cm³/mol. The number of fused-ring (bicyclic) bond motifs is 1. The van der Waals surface area contributed by atoms with E-state index < -0.39 is 0 Å². The smallest absolute Gasteiger partial charge is 0.159 e. The van der Waals surface area contributed by atoms with Crippen molar-refractivity contribution in [3.8, 4) is 11.4 Å². The van der Waals surface area contributed by atoms with Crippen LogP contribution in [0, 0.1) is 5.92 Å². The molecular weight excluding hydrogens is 516 g/mol. The summed E-state index contributed by atoms with van der Waals surface area (Å²) in [4.78, 5) is 18.0. The zero-order chi connectivity index (χ0) is 24.9. The van der Waals surface area contributed by atoms with Crippen molar-refractivity contribution in [1.29, 1.82) is 0 Å². The van der Waals surface area contributed by atoms with Gasteiger partial charge >= 0.3 is 0 Å². The van der Waals surface area contributed by atoms with E-state index in [4.69, 9.17) is 9.72 Å². The van der Waals surface area contributed by atoms with Gasteiger partial charge in [-0.3, -0.25) is 0 Å². The monoisotopic (exact) mass is 554 g/mol. The number of aromatic amines is 1. The summed E-state index contributed by atoms with van der Waals surface area (Å²) in [6, 6.07) is 9.27. The molecule has 8 heteroatoms. The number of ether oxygens (including phenoxy) is 1. The van der Waals surface area contributed by atoms with Crippen LogP contribution in [0.5, 0.6) is 0 Å². The number of nitrogens with one attached hydrogen (secondary N) is 2. The molecule has 3 aromatic rings. The number of H-pyrrole nitrogens is 1. The molecule has 2 saturated heterocycles. The first kappa shape index (κ1) is 25.5. The van der Waals surface area contributed by atoms with Crippen molar-refractivity contribution in [2.45, 2.75) is 52.0 Å². The summed E-state index contributed by atoms with van der Waals surface area (Å²) >= 11 is 3.71. The van der Waals surface area contributed by atoms with E-state index in [0.29, 0.717) is 6.04 Å². The molecule has 2 aliphatic rings. The number of likely N-dealkylation sites (tertiary alicyclic amines) is 1. The number of rotatable bonds is 9. The molecule has 1 aromatic carbocycles. The number of aromatic nitrogens is 3. The number of benzene rings is 1. The van der Waals surface area contributed by atoms with Crippen LogP contribution < -0.4 is 10.2 Å². The Bertz CT molecular complexity index is 1120. The van der Waals surface area contributed by atoms with Gasteiger partial charge in [-0.05, 0) is 91.7 Å². The fourth-order valence-corrected chi connectivity index (χ4v) is 5.91. The van der Waals surface area contributed by atoms with Crippen LogP contribution in [-0.4, -0.2) is 71.8 Å². The summed E-state index contributed by atoms with van der Waals surface area (Å²) in [6.45, 7) is 11.7. The van der Waals surface area contributed by atoms with E-state index in [0.717, 1.165) is 97.4 Å². The second kappa shape index (κ2) is 11.9. The molecule has 5 rings (SSSR count). The topological polar surface area (TPSA) is 69.3 Å². The van der Waals surface area contributed by atoms with E-state index in [1.165, 1.54) is 24.9 Å². The number of piperidine rings is 2. The minimum atomic E-state index is 0.456. The van der Waals surface area contributed by atoms with Crippen molar-refractivity contribution in [2.75, 3.05) is 56.2 Å². The minimum Gasteiger partial charge on any atom is -0.382 e. The molecule has 2 aliphatic heterocycles. The van der Waals surface area contributed by atoms with Gasteiger partial charge in [-0.15, -0.1) is 0 Å². The van der Waals surface area contributed by atoms with Gasteiger partial charge in [0, 0.05) is 62.9 Å². The van der Waals surface area contributed by atoms with E-state index in [-0.39, 0.29) is 0 Å². The Labute approximate surface area is 223 Å². The Balaban J connectivity index is 1.26. The first-order valence-corrected chi connectivity index (χ1v) is 14.4. The number of halogens is 1. The lowest BCUT2D eigenvalue weighted by Gasteiger charge is -2.33. The van der Waals surface area contributed by atoms with Crippen LogP contribution in [-0.2, 0) is 4.74 Å². The van der Waals surface area contributed by atoms with Gasteiger partial charge in [-0.25, -0.2) is 9.97 Å². The number of imidazole rings is 1. The maximum Gasteiger partial charge on any atom is 0.159 e. The highest BCUT2D eigenvalue weighted by molar-refractivity contribution is 9.10. The molecule has 0 amide bonds. The summed E-state index contributed by atoms with van der Waals surface area (Å²) in [6.07, 6.45) is 7.83. The highest BCUT2D eigenvalue weighted by atomic mass is 79.9. The van der Waals surface area contributed by atoms with E-state index in [2.05, 4.69) is 79.1 Å². The average molecular weight is 556 g/mol. The molecule has 0 radical (unpaired) electrons. The largest absolute Gasteiger partial charge is 0.382 e. The molecule has 0 aliphatic carbocycles. The first-order chi connectivity index (χ1) is 17.6. The molecule has 0 unspecified atom stereocenters. The van der Waals surface area contributed by atoms with Crippen LogP contribution in [0.2, 0.25) is 0 Å². The lowest BCUT2D eigenvalue weighted by atomic mass is 9.93. The van der Waals surface area contributed by atoms with Gasteiger partial charge in [0.2, 0.25) is 0 Å². The Morgan fingerprint density at radius 2 is 1.81 bits per heavy atom. The van der Waals surface area contributed by atoms with E-state index >= 15 is 0 Å². The molecule has 36 heavy (non-hydrogen) atoms. The Hall–Kier alpha value is -2.16. The minimum absolute atomic E-state index is 0.456. The molecule has 7 nitrogen and oxygen atoms in total. The van der Waals surface area contributed by atoms with Crippen molar-refractivity contribution in [3.63, 3.8) is 0 Å². The molecular formula is C28H39BrN6O. The van der Waals surface area contributed by atoms with Gasteiger partial charge < -0.3 is 24.8 Å². The van der Waals surface area contributed by atoms with E-state index in [1.807, 2.05) is 6.20 Å². The summed E-state index contributed by atoms with van der Waals surface area (Å²) in [5, 5.41) is 3.76. The highest BCUT2D eigenvalue weighted by Gasteiger charge is 2.22. The Morgan fingerprint density at radius 3 is 2.50 bits per heavy atom. The molecule has 4 heterocycles.